The van der Waals surface area contributed by atoms with E-state index in [1.165, 1.54) is 16.7 Å². The number of carbonyl (C=O) groups is 2. The SMILES string of the molecule is Cc1cc(NC(=O)OCc2ccccc2)c(=O)n([C@@H](CC(C)C)C(=O)N[C@H](/C=C/S(C)(=O)=O)Cc2ccc(CN)cc2)c1. The van der Waals surface area contributed by atoms with E-state index in [1.807, 2.05) is 68.4 Å². The number of aryl methyl sites for hydroxylation is 1. The van der Waals surface area contributed by atoms with Gasteiger partial charge in [0.15, 0.2) is 9.84 Å². The molecule has 4 N–H and O–H groups in total. The summed E-state index contributed by atoms with van der Waals surface area (Å²) in [5.41, 5.74) is 8.37. The summed E-state index contributed by atoms with van der Waals surface area (Å²) in [5, 5.41) is 6.51. The van der Waals surface area contributed by atoms with E-state index in [-0.39, 0.29) is 18.2 Å². The third-order valence-electron chi connectivity index (χ3n) is 6.56. The largest absolute Gasteiger partial charge is 0.444 e. The minimum absolute atomic E-state index is 0.0202. The van der Waals surface area contributed by atoms with Gasteiger partial charge in [-0.3, -0.25) is 14.9 Å². The highest BCUT2D eigenvalue weighted by atomic mass is 32.2. The lowest BCUT2D eigenvalue weighted by molar-refractivity contribution is -0.125. The predicted molar refractivity (Wildman–Crippen MR) is 168 cm³/mol. The molecule has 2 amide bonds. The Kier molecular flexibility index (Phi) is 11.8. The summed E-state index contributed by atoms with van der Waals surface area (Å²) in [7, 11) is -3.46. The number of pyridine rings is 1. The van der Waals surface area contributed by atoms with E-state index in [4.69, 9.17) is 10.5 Å². The van der Waals surface area contributed by atoms with E-state index < -0.39 is 39.5 Å². The number of hydrogen-bond donors (Lipinski definition) is 3. The third-order valence-corrected chi connectivity index (χ3v) is 7.21. The standard InChI is InChI=1S/C32H40N4O6S/c1-22(2)16-29(30(37)34-27(14-15-43(4,40)41)18-24-10-12-25(19-33)13-11-24)36-20-23(3)17-28(31(36)38)35-32(39)42-21-26-8-6-5-7-9-26/h5-15,17,20,22,27,29H,16,18-19,21,33H2,1-4H3,(H,34,37)(H,35,39)/b15-14+/t27-,29+/m1/s1. The Hall–Kier alpha value is -4.22. The van der Waals surface area contributed by atoms with Gasteiger partial charge < -0.3 is 20.4 Å². The maximum Gasteiger partial charge on any atom is 0.412 e. The maximum atomic E-state index is 13.8. The van der Waals surface area contributed by atoms with Crippen LogP contribution in [0.2, 0.25) is 0 Å². The van der Waals surface area contributed by atoms with Crippen LogP contribution in [0, 0.1) is 12.8 Å². The van der Waals surface area contributed by atoms with Crippen molar-refractivity contribution in [3.05, 3.63) is 111 Å². The smallest absolute Gasteiger partial charge is 0.412 e. The van der Waals surface area contributed by atoms with Crippen LogP contribution in [0.15, 0.2) is 83.1 Å². The van der Waals surface area contributed by atoms with Gasteiger partial charge in [0.25, 0.3) is 5.56 Å². The molecule has 3 rings (SSSR count). The van der Waals surface area contributed by atoms with E-state index in [0.717, 1.165) is 28.4 Å². The summed E-state index contributed by atoms with van der Waals surface area (Å²) in [6.45, 7) is 6.03. The number of nitrogens with two attached hydrogens (primary N) is 1. The van der Waals surface area contributed by atoms with Gasteiger partial charge in [-0.05, 0) is 54.0 Å². The Morgan fingerprint density at radius 3 is 2.28 bits per heavy atom. The molecule has 0 spiro atoms. The second kappa shape index (κ2) is 15.3. The van der Waals surface area contributed by atoms with Crippen molar-refractivity contribution in [1.82, 2.24) is 9.88 Å². The van der Waals surface area contributed by atoms with Gasteiger partial charge in [0, 0.05) is 24.4 Å². The number of hydrogen-bond acceptors (Lipinski definition) is 7. The van der Waals surface area contributed by atoms with Gasteiger partial charge in [-0.2, -0.15) is 0 Å². The Morgan fingerprint density at radius 2 is 1.67 bits per heavy atom. The fourth-order valence-corrected chi connectivity index (χ4v) is 4.95. The quantitative estimate of drug-likeness (QED) is 0.263. The van der Waals surface area contributed by atoms with E-state index in [1.54, 1.807) is 13.1 Å². The van der Waals surface area contributed by atoms with Crippen molar-refractivity contribution in [2.45, 2.75) is 58.8 Å². The summed E-state index contributed by atoms with van der Waals surface area (Å²) in [6, 6.07) is 16.6. The highest BCUT2D eigenvalue weighted by Crippen LogP contribution is 2.20. The predicted octanol–water partition coefficient (Wildman–Crippen LogP) is 4.24. The van der Waals surface area contributed by atoms with Crippen LogP contribution in [-0.2, 0) is 38.9 Å². The summed E-state index contributed by atoms with van der Waals surface area (Å²) >= 11 is 0. The van der Waals surface area contributed by atoms with Gasteiger partial charge in [0.05, 0.1) is 6.04 Å². The molecule has 1 heterocycles. The first-order chi connectivity index (χ1) is 20.3. The summed E-state index contributed by atoms with van der Waals surface area (Å²) in [5.74, 6) is -0.426. The van der Waals surface area contributed by atoms with Gasteiger partial charge >= 0.3 is 6.09 Å². The van der Waals surface area contributed by atoms with E-state index in [2.05, 4.69) is 10.6 Å². The van der Waals surface area contributed by atoms with Crippen LogP contribution in [-0.4, -0.2) is 37.3 Å². The molecule has 43 heavy (non-hydrogen) atoms. The molecule has 3 aromatic rings. The van der Waals surface area contributed by atoms with E-state index >= 15 is 0 Å². The lowest BCUT2D eigenvalue weighted by Crippen LogP contribution is -2.43. The van der Waals surface area contributed by atoms with Gasteiger partial charge in [0.1, 0.15) is 18.3 Å². The summed E-state index contributed by atoms with van der Waals surface area (Å²) < 4.78 is 30.4. The van der Waals surface area contributed by atoms with Crippen LogP contribution in [0.5, 0.6) is 0 Å². The normalized spacial score (nSPS) is 13.1. The Morgan fingerprint density at radius 1 is 1.02 bits per heavy atom. The van der Waals surface area contributed by atoms with Gasteiger partial charge in [-0.25, -0.2) is 13.2 Å². The molecular weight excluding hydrogens is 568 g/mol. The molecule has 10 nitrogen and oxygen atoms in total. The number of amides is 2. The maximum absolute atomic E-state index is 13.8. The third kappa shape index (κ3) is 10.8. The van der Waals surface area contributed by atoms with Crippen molar-refractivity contribution in [3.63, 3.8) is 0 Å². The van der Waals surface area contributed by atoms with E-state index in [9.17, 15) is 22.8 Å². The van der Waals surface area contributed by atoms with Crippen LogP contribution in [0.3, 0.4) is 0 Å². The number of nitrogens with zero attached hydrogens (tertiary/aromatic N) is 1. The molecule has 11 heteroatoms. The minimum atomic E-state index is -3.46. The number of aromatic nitrogens is 1. The first-order valence-corrected chi connectivity index (χ1v) is 16.0. The fourth-order valence-electron chi connectivity index (χ4n) is 4.48. The first kappa shape index (κ1) is 33.3. The second-order valence-electron chi connectivity index (χ2n) is 11.0. The number of rotatable bonds is 13. The molecular formula is C32H40N4O6S. The Labute approximate surface area is 252 Å². The lowest BCUT2D eigenvalue weighted by atomic mass is 10.0. The number of nitrogens with one attached hydrogen (secondary N) is 2. The van der Waals surface area contributed by atoms with Crippen LogP contribution in [0.25, 0.3) is 0 Å². The molecule has 0 saturated carbocycles. The van der Waals surface area contributed by atoms with Crippen LogP contribution in [0.1, 0.15) is 48.6 Å². The van der Waals surface area contributed by atoms with Crippen molar-refractivity contribution in [2.24, 2.45) is 11.7 Å². The molecule has 0 saturated heterocycles. The molecule has 0 aliphatic carbocycles. The van der Waals surface area contributed by atoms with E-state index in [0.29, 0.717) is 24.9 Å². The van der Waals surface area contributed by atoms with Gasteiger partial charge in [-0.1, -0.05) is 74.5 Å². The number of carbonyl (C=O) groups excluding carboxylic acids is 2. The molecule has 1 aromatic heterocycles. The molecule has 0 aliphatic heterocycles. The number of sulfone groups is 1. The molecule has 2 aromatic carbocycles. The molecule has 0 fully saturated rings. The van der Waals surface area contributed by atoms with Gasteiger partial charge in [-0.15, -0.1) is 0 Å². The zero-order valence-electron chi connectivity index (χ0n) is 24.9. The average molecular weight is 609 g/mol. The van der Waals surface area contributed by atoms with Crippen LogP contribution in [0.4, 0.5) is 10.5 Å². The number of benzene rings is 2. The summed E-state index contributed by atoms with van der Waals surface area (Å²) in [6.07, 6.45) is 3.93. The van der Waals surface area contributed by atoms with Gasteiger partial charge in [0.2, 0.25) is 5.91 Å². The average Bonchev–Trinajstić information content (AvgIpc) is 2.95. The molecule has 0 radical (unpaired) electrons. The Bertz CT molecular complexity index is 1580. The first-order valence-electron chi connectivity index (χ1n) is 14.0. The van der Waals surface area contributed by atoms with Crippen molar-refractivity contribution in [3.8, 4) is 0 Å². The number of ether oxygens (including phenoxy) is 1. The van der Waals surface area contributed by atoms with Crippen LogP contribution >= 0.6 is 0 Å². The molecule has 0 unspecified atom stereocenters. The molecule has 0 aliphatic rings. The number of anilines is 1. The fraction of sp³-hybridized carbons (Fsp3) is 0.344. The topological polar surface area (TPSA) is 150 Å². The highest BCUT2D eigenvalue weighted by molar-refractivity contribution is 7.93. The summed E-state index contributed by atoms with van der Waals surface area (Å²) in [4.78, 5) is 39.9. The molecule has 2 atom stereocenters. The van der Waals surface area contributed by atoms with Crippen molar-refractivity contribution >= 4 is 27.5 Å². The monoisotopic (exact) mass is 608 g/mol. The Balaban J connectivity index is 1.87. The van der Waals surface area contributed by atoms with Crippen molar-refractivity contribution < 1.29 is 22.7 Å². The van der Waals surface area contributed by atoms with Crippen LogP contribution < -0.4 is 21.9 Å². The second-order valence-corrected chi connectivity index (χ2v) is 12.9. The lowest BCUT2D eigenvalue weighted by Gasteiger charge is -2.25. The zero-order valence-corrected chi connectivity index (χ0v) is 25.8. The zero-order chi connectivity index (χ0) is 31.6. The molecule has 0 bridgehead atoms. The minimum Gasteiger partial charge on any atom is -0.444 e. The molecule has 230 valence electrons. The van der Waals surface area contributed by atoms with Crippen molar-refractivity contribution in [1.29, 1.82) is 0 Å². The highest BCUT2D eigenvalue weighted by Gasteiger charge is 2.26. The van der Waals surface area contributed by atoms with Crippen molar-refractivity contribution in [2.75, 3.05) is 11.6 Å².